The zero-order chi connectivity index (χ0) is 16.4. The second-order valence-corrected chi connectivity index (χ2v) is 5.26. The molecule has 0 heterocycles. The second kappa shape index (κ2) is 10.0. The van der Waals surface area contributed by atoms with E-state index in [1.807, 2.05) is 32.0 Å². The van der Waals surface area contributed by atoms with Crippen molar-refractivity contribution in [2.45, 2.75) is 33.2 Å². The Hall–Kier alpha value is -1.75. The molecule has 0 aromatic heterocycles. The molecule has 0 aliphatic rings. The van der Waals surface area contributed by atoms with Gasteiger partial charge < -0.3 is 15.2 Å². The molecule has 6 heteroatoms. The van der Waals surface area contributed by atoms with Gasteiger partial charge in [0, 0.05) is 6.92 Å². The number of aliphatic carboxylic acids is 1. The maximum atomic E-state index is 10.6. The fourth-order valence-corrected chi connectivity index (χ4v) is 1.76. The molecule has 1 aromatic carbocycles. The standard InChI is InChI=1S/C8H15NO3.C7H7ClO/c1-5(2)4-7(8(11)12)9-6(3)10;1-9-7-5-3-2-4-6(7)8/h5,7H,4H2,1-3H3,(H,9,10)(H,11,12);2-5H,1H3. The maximum Gasteiger partial charge on any atom is 0.326 e. The van der Waals surface area contributed by atoms with Crippen LogP contribution in [-0.4, -0.2) is 30.1 Å². The van der Waals surface area contributed by atoms with Gasteiger partial charge in [0.2, 0.25) is 5.91 Å². The summed E-state index contributed by atoms with van der Waals surface area (Å²) in [5.41, 5.74) is 0. The van der Waals surface area contributed by atoms with Gasteiger partial charge in [-0.05, 0) is 24.5 Å². The monoisotopic (exact) mass is 315 g/mol. The summed E-state index contributed by atoms with van der Waals surface area (Å²) >= 11 is 5.70. The number of para-hydroxylation sites is 1. The van der Waals surface area contributed by atoms with E-state index in [-0.39, 0.29) is 11.8 Å². The van der Waals surface area contributed by atoms with E-state index in [0.29, 0.717) is 11.4 Å². The summed E-state index contributed by atoms with van der Waals surface area (Å²) in [6.45, 7) is 5.14. The molecule has 118 valence electrons. The molecule has 0 bridgehead atoms. The minimum absolute atomic E-state index is 0.262. The lowest BCUT2D eigenvalue weighted by Gasteiger charge is -2.14. The third kappa shape index (κ3) is 8.92. The highest BCUT2D eigenvalue weighted by Crippen LogP contribution is 2.21. The van der Waals surface area contributed by atoms with Crippen LogP contribution < -0.4 is 10.1 Å². The zero-order valence-electron chi connectivity index (χ0n) is 12.7. The molecular weight excluding hydrogens is 294 g/mol. The third-order valence-corrected chi connectivity index (χ3v) is 2.75. The van der Waals surface area contributed by atoms with Crippen LogP contribution in [0.2, 0.25) is 5.02 Å². The Balaban J connectivity index is 0.000000394. The lowest BCUT2D eigenvalue weighted by Crippen LogP contribution is -2.40. The van der Waals surface area contributed by atoms with Crippen molar-refractivity contribution in [1.82, 2.24) is 5.32 Å². The van der Waals surface area contributed by atoms with Gasteiger partial charge >= 0.3 is 5.97 Å². The van der Waals surface area contributed by atoms with Gasteiger partial charge in [-0.2, -0.15) is 0 Å². The molecule has 2 N–H and O–H groups in total. The van der Waals surface area contributed by atoms with Crippen molar-refractivity contribution >= 4 is 23.5 Å². The number of hydrogen-bond acceptors (Lipinski definition) is 3. The van der Waals surface area contributed by atoms with Crippen LogP contribution in [0, 0.1) is 5.92 Å². The van der Waals surface area contributed by atoms with Crippen molar-refractivity contribution in [1.29, 1.82) is 0 Å². The molecule has 0 spiro atoms. The molecule has 0 radical (unpaired) electrons. The number of benzene rings is 1. The summed E-state index contributed by atoms with van der Waals surface area (Å²) in [5.74, 6) is -0.293. The van der Waals surface area contributed by atoms with Crippen molar-refractivity contribution < 1.29 is 19.4 Å². The Labute approximate surface area is 130 Å². The first kappa shape index (κ1) is 19.2. The van der Waals surface area contributed by atoms with Gasteiger partial charge in [-0.1, -0.05) is 37.6 Å². The highest BCUT2D eigenvalue weighted by Gasteiger charge is 2.18. The normalized spacial score (nSPS) is 11.1. The minimum atomic E-state index is -0.973. The molecule has 0 aliphatic heterocycles. The van der Waals surface area contributed by atoms with Crippen LogP contribution in [0.4, 0.5) is 0 Å². The van der Waals surface area contributed by atoms with Gasteiger partial charge in [0.15, 0.2) is 0 Å². The van der Waals surface area contributed by atoms with Gasteiger partial charge in [0.05, 0.1) is 12.1 Å². The molecule has 1 unspecified atom stereocenters. The highest BCUT2D eigenvalue weighted by atomic mass is 35.5. The number of nitrogens with one attached hydrogen (secondary N) is 1. The molecule has 0 aliphatic carbocycles. The Bertz CT molecular complexity index is 463. The van der Waals surface area contributed by atoms with Gasteiger partial charge in [0.1, 0.15) is 11.8 Å². The fourth-order valence-electron chi connectivity index (χ4n) is 1.55. The summed E-state index contributed by atoms with van der Waals surface area (Å²) in [7, 11) is 1.60. The predicted octanol–water partition coefficient (Wildman–Crippen LogP) is 2.97. The average molecular weight is 316 g/mol. The van der Waals surface area contributed by atoms with Crippen LogP contribution in [-0.2, 0) is 9.59 Å². The van der Waals surface area contributed by atoms with Crippen LogP contribution in [0.5, 0.6) is 5.75 Å². The Morgan fingerprint density at radius 3 is 2.24 bits per heavy atom. The van der Waals surface area contributed by atoms with Gasteiger partial charge in [-0.15, -0.1) is 0 Å². The SMILES string of the molecule is CC(=O)NC(CC(C)C)C(=O)O.COc1ccccc1Cl. The highest BCUT2D eigenvalue weighted by molar-refractivity contribution is 6.32. The number of ether oxygens (including phenoxy) is 1. The van der Waals surface area contributed by atoms with Crippen molar-refractivity contribution in [3.8, 4) is 5.75 Å². The van der Waals surface area contributed by atoms with E-state index in [9.17, 15) is 9.59 Å². The van der Waals surface area contributed by atoms with E-state index in [1.54, 1.807) is 13.2 Å². The van der Waals surface area contributed by atoms with Crippen LogP contribution >= 0.6 is 11.6 Å². The smallest absolute Gasteiger partial charge is 0.326 e. The predicted molar refractivity (Wildman–Crippen MR) is 82.7 cm³/mol. The van der Waals surface area contributed by atoms with Crippen molar-refractivity contribution in [3.05, 3.63) is 29.3 Å². The topological polar surface area (TPSA) is 75.6 Å². The number of carbonyl (C=O) groups is 2. The second-order valence-electron chi connectivity index (χ2n) is 4.86. The molecule has 5 nitrogen and oxygen atoms in total. The molecule has 1 amide bonds. The number of carboxylic acids is 1. The first-order valence-corrected chi connectivity index (χ1v) is 6.94. The maximum absolute atomic E-state index is 10.6. The third-order valence-electron chi connectivity index (χ3n) is 2.44. The number of rotatable bonds is 5. The first-order valence-electron chi connectivity index (χ1n) is 6.56. The number of amides is 1. The summed E-state index contributed by atoms with van der Waals surface area (Å²) in [6, 6.07) is 6.61. The molecule has 1 rings (SSSR count). The molecule has 1 atom stereocenters. The van der Waals surface area contributed by atoms with E-state index in [2.05, 4.69) is 5.32 Å². The quantitative estimate of drug-likeness (QED) is 0.876. The van der Waals surface area contributed by atoms with Crippen LogP contribution in [0.3, 0.4) is 0 Å². The fraction of sp³-hybridized carbons (Fsp3) is 0.467. The molecule has 21 heavy (non-hydrogen) atoms. The molecule has 0 fully saturated rings. The Kier molecular flexibility index (Phi) is 9.21. The lowest BCUT2D eigenvalue weighted by atomic mass is 10.0. The van der Waals surface area contributed by atoms with E-state index in [1.165, 1.54) is 6.92 Å². The largest absolute Gasteiger partial charge is 0.495 e. The van der Waals surface area contributed by atoms with E-state index in [4.69, 9.17) is 21.4 Å². The van der Waals surface area contributed by atoms with E-state index >= 15 is 0 Å². The summed E-state index contributed by atoms with van der Waals surface area (Å²) < 4.78 is 4.91. The first-order chi connectivity index (χ1) is 9.77. The number of carbonyl (C=O) groups excluding carboxylic acids is 1. The van der Waals surface area contributed by atoms with E-state index in [0.717, 1.165) is 5.75 Å². The Morgan fingerprint density at radius 1 is 1.33 bits per heavy atom. The number of carboxylic acid groups (broad SMARTS) is 1. The van der Waals surface area contributed by atoms with Crippen molar-refractivity contribution in [2.75, 3.05) is 7.11 Å². The molecule has 1 aromatic rings. The number of hydrogen-bond donors (Lipinski definition) is 2. The van der Waals surface area contributed by atoms with Crippen LogP contribution in [0.15, 0.2) is 24.3 Å². The van der Waals surface area contributed by atoms with Crippen molar-refractivity contribution in [2.24, 2.45) is 5.92 Å². The van der Waals surface area contributed by atoms with Crippen LogP contribution in [0.25, 0.3) is 0 Å². The summed E-state index contributed by atoms with van der Waals surface area (Å²) in [6.07, 6.45) is 0.467. The minimum Gasteiger partial charge on any atom is -0.495 e. The van der Waals surface area contributed by atoms with Crippen LogP contribution in [0.1, 0.15) is 27.2 Å². The van der Waals surface area contributed by atoms with E-state index < -0.39 is 12.0 Å². The number of halogens is 1. The van der Waals surface area contributed by atoms with Gasteiger partial charge in [0.25, 0.3) is 0 Å². The number of methoxy groups -OCH3 is 1. The van der Waals surface area contributed by atoms with Gasteiger partial charge in [-0.3, -0.25) is 4.79 Å². The van der Waals surface area contributed by atoms with Gasteiger partial charge in [-0.25, -0.2) is 4.79 Å². The Morgan fingerprint density at radius 2 is 1.90 bits per heavy atom. The summed E-state index contributed by atoms with van der Waals surface area (Å²) in [5, 5.41) is 11.7. The van der Waals surface area contributed by atoms with Crippen molar-refractivity contribution in [3.63, 3.8) is 0 Å². The average Bonchev–Trinajstić information content (AvgIpc) is 2.38. The lowest BCUT2D eigenvalue weighted by molar-refractivity contribution is -0.142. The summed E-state index contributed by atoms with van der Waals surface area (Å²) in [4.78, 5) is 21.1. The molecule has 0 saturated carbocycles. The zero-order valence-corrected chi connectivity index (χ0v) is 13.5. The molecule has 0 saturated heterocycles. The molecular formula is C15H22ClNO4.